The summed E-state index contributed by atoms with van der Waals surface area (Å²) in [6, 6.07) is 9.13. The van der Waals surface area contributed by atoms with E-state index in [2.05, 4.69) is 28.0 Å². The van der Waals surface area contributed by atoms with Crippen molar-refractivity contribution in [3.05, 3.63) is 51.5 Å². The highest BCUT2D eigenvalue weighted by Crippen LogP contribution is 2.17. The van der Waals surface area contributed by atoms with E-state index in [9.17, 15) is 4.79 Å². The van der Waals surface area contributed by atoms with E-state index < -0.39 is 5.91 Å². The smallest absolute Gasteiger partial charge is 0.268 e. The maximum Gasteiger partial charge on any atom is 0.268 e. The van der Waals surface area contributed by atoms with Crippen molar-refractivity contribution < 1.29 is 13.9 Å². The predicted octanol–water partition coefficient (Wildman–Crippen LogP) is 2.07. The molecule has 3 N–H and O–H groups in total. The number of halogens is 1. The molecule has 0 aliphatic heterocycles. The van der Waals surface area contributed by atoms with Gasteiger partial charge in [-0.1, -0.05) is 0 Å². The first-order valence-corrected chi connectivity index (χ1v) is 6.24. The molecule has 94 valence electrons. The van der Waals surface area contributed by atoms with Crippen molar-refractivity contribution in [1.82, 2.24) is 5.43 Å². The van der Waals surface area contributed by atoms with Crippen LogP contribution in [0.5, 0.6) is 5.75 Å². The second-order valence-corrected chi connectivity index (χ2v) is 4.72. The Morgan fingerprint density at radius 2 is 2.06 bits per heavy atom. The van der Waals surface area contributed by atoms with Gasteiger partial charge in [0.25, 0.3) is 5.91 Å². The number of benzene rings is 1. The summed E-state index contributed by atoms with van der Waals surface area (Å²) in [5, 5.41) is 0. The Morgan fingerprint density at radius 1 is 1.33 bits per heavy atom. The van der Waals surface area contributed by atoms with Gasteiger partial charge in [-0.15, -0.1) is 0 Å². The number of rotatable bonds is 4. The van der Waals surface area contributed by atoms with Gasteiger partial charge in [0.1, 0.15) is 12.4 Å². The third-order valence-electron chi connectivity index (χ3n) is 2.30. The molecule has 0 bridgehead atoms. The second kappa shape index (κ2) is 5.87. The summed E-state index contributed by atoms with van der Waals surface area (Å²) < 4.78 is 11.8. The lowest BCUT2D eigenvalue weighted by Gasteiger charge is -2.05. The average molecular weight is 358 g/mol. The van der Waals surface area contributed by atoms with Crippen LogP contribution >= 0.6 is 22.6 Å². The van der Waals surface area contributed by atoms with Crippen molar-refractivity contribution >= 4 is 28.5 Å². The van der Waals surface area contributed by atoms with Crippen LogP contribution in [0, 0.1) is 3.57 Å². The molecular weight excluding hydrogens is 347 g/mol. The summed E-state index contributed by atoms with van der Waals surface area (Å²) in [4.78, 5) is 11.4. The van der Waals surface area contributed by atoms with Crippen LogP contribution in [0.1, 0.15) is 16.1 Å². The minimum atomic E-state index is -0.398. The molecule has 0 spiro atoms. The first-order chi connectivity index (χ1) is 8.70. The van der Waals surface area contributed by atoms with Gasteiger partial charge in [0.05, 0.1) is 11.8 Å². The van der Waals surface area contributed by atoms with Crippen molar-refractivity contribution in [1.29, 1.82) is 0 Å². The van der Waals surface area contributed by atoms with Crippen LogP contribution in [-0.4, -0.2) is 5.91 Å². The Bertz CT molecular complexity index is 537. The maximum atomic E-state index is 11.4. The van der Waals surface area contributed by atoms with Crippen LogP contribution in [0.2, 0.25) is 0 Å². The second-order valence-electron chi connectivity index (χ2n) is 3.47. The van der Waals surface area contributed by atoms with E-state index in [1.165, 1.54) is 6.26 Å². The topological polar surface area (TPSA) is 77.5 Å². The van der Waals surface area contributed by atoms with Crippen molar-refractivity contribution in [3.8, 4) is 5.75 Å². The Morgan fingerprint density at radius 3 is 2.72 bits per heavy atom. The van der Waals surface area contributed by atoms with E-state index in [1.807, 2.05) is 24.3 Å². The lowest BCUT2D eigenvalue weighted by atomic mass is 10.2. The molecule has 0 aliphatic carbocycles. The molecule has 0 aliphatic rings. The molecule has 0 fully saturated rings. The molecule has 18 heavy (non-hydrogen) atoms. The maximum absolute atomic E-state index is 11.4. The molecule has 0 atom stereocenters. The number of furan rings is 1. The average Bonchev–Trinajstić information content (AvgIpc) is 2.85. The van der Waals surface area contributed by atoms with E-state index in [-0.39, 0.29) is 6.61 Å². The Hall–Kier alpha value is -1.54. The normalized spacial score (nSPS) is 10.1. The molecule has 0 saturated carbocycles. The van der Waals surface area contributed by atoms with E-state index in [4.69, 9.17) is 15.0 Å². The summed E-state index contributed by atoms with van der Waals surface area (Å²) in [6.07, 6.45) is 1.43. The summed E-state index contributed by atoms with van der Waals surface area (Å²) in [6.45, 7) is 0.177. The van der Waals surface area contributed by atoms with Gasteiger partial charge in [0.15, 0.2) is 5.76 Å². The third kappa shape index (κ3) is 3.02. The van der Waals surface area contributed by atoms with Crippen molar-refractivity contribution in [2.24, 2.45) is 5.84 Å². The minimum Gasteiger partial charge on any atom is -0.486 e. The van der Waals surface area contributed by atoms with E-state index in [0.717, 1.165) is 3.57 Å². The minimum absolute atomic E-state index is 0.177. The van der Waals surface area contributed by atoms with Crippen molar-refractivity contribution in [3.63, 3.8) is 0 Å². The molecule has 1 heterocycles. The van der Waals surface area contributed by atoms with Gasteiger partial charge in [-0.05, 0) is 52.9 Å². The largest absolute Gasteiger partial charge is 0.486 e. The lowest BCUT2D eigenvalue weighted by molar-refractivity contribution is 0.0949. The molecule has 0 saturated heterocycles. The molecular formula is C12H11IN2O3. The summed E-state index contributed by atoms with van der Waals surface area (Å²) in [5.41, 5.74) is 2.44. The lowest BCUT2D eigenvalue weighted by Crippen LogP contribution is -2.30. The first kappa shape index (κ1) is 12.9. The summed E-state index contributed by atoms with van der Waals surface area (Å²) in [7, 11) is 0. The van der Waals surface area contributed by atoms with Crippen molar-refractivity contribution in [2.75, 3.05) is 0 Å². The standard InChI is InChI=1S/C12H11IN2O3/c13-8-1-3-9(4-2-8)18-7-11-10(5-6-17-11)12(16)15-14/h1-6H,7,14H2,(H,15,16). The number of hydrogen-bond acceptors (Lipinski definition) is 4. The zero-order valence-corrected chi connectivity index (χ0v) is 11.5. The number of hydrogen-bond donors (Lipinski definition) is 2. The monoisotopic (exact) mass is 358 g/mol. The SMILES string of the molecule is NNC(=O)c1ccoc1COc1ccc(I)cc1. The fourth-order valence-electron chi connectivity index (χ4n) is 1.41. The molecule has 2 rings (SSSR count). The molecule has 2 aromatic rings. The number of carbonyl (C=O) groups excluding carboxylic acids is 1. The Kier molecular flexibility index (Phi) is 4.21. The molecule has 1 amide bonds. The van der Waals surface area contributed by atoms with Gasteiger partial charge in [0.2, 0.25) is 0 Å². The molecule has 1 aromatic carbocycles. The number of ether oxygens (including phenoxy) is 1. The fraction of sp³-hybridized carbons (Fsp3) is 0.0833. The van der Waals surface area contributed by atoms with Crippen LogP contribution in [-0.2, 0) is 6.61 Å². The van der Waals surface area contributed by atoms with Gasteiger partial charge in [-0.3, -0.25) is 10.2 Å². The first-order valence-electron chi connectivity index (χ1n) is 5.16. The number of nitrogens with one attached hydrogen (secondary N) is 1. The van der Waals surface area contributed by atoms with Crippen LogP contribution in [0.15, 0.2) is 41.0 Å². The van der Waals surface area contributed by atoms with Crippen LogP contribution in [0.25, 0.3) is 0 Å². The number of nitrogens with two attached hydrogens (primary N) is 1. The van der Waals surface area contributed by atoms with Gasteiger partial charge < -0.3 is 9.15 Å². The molecule has 0 radical (unpaired) electrons. The van der Waals surface area contributed by atoms with Gasteiger partial charge in [0, 0.05) is 3.57 Å². The number of amides is 1. The highest BCUT2D eigenvalue weighted by molar-refractivity contribution is 14.1. The molecule has 1 aromatic heterocycles. The van der Waals surface area contributed by atoms with Crippen LogP contribution in [0.3, 0.4) is 0 Å². The highest BCUT2D eigenvalue weighted by atomic mass is 127. The summed E-state index contributed by atoms with van der Waals surface area (Å²) >= 11 is 2.21. The zero-order valence-electron chi connectivity index (χ0n) is 9.35. The zero-order chi connectivity index (χ0) is 13.0. The molecule has 0 unspecified atom stereocenters. The van der Waals surface area contributed by atoms with Gasteiger partial charge in [-0.2, -0.15) is 0 Å². The number of carbonyl (C=O) groups is 1. The van der Waals surface area contributed by atoms with Gasteiger partial charge >= 0.3 is 0 Å². The van der Waals surface area contributed by atoms with E-state index in [1.54, 1.807) is 6.07 Å². The van der Waals surface area contributed by atoms with Crippen molar-refractivity contribution in [2.45, 2.75) is 6.61 Å². The fourth-order valence-corrected chi connectivity index (χ4v) is 1.77. The predicted molar refractivity (Wildman–Crippen MR) is 73.9 cm³/mol. The molecule has 5 nitrogen and oxygen atoms in total. The molecule has 6 heteroatoms. The van der Waals surface area contributed by atoms with E-state index >= 15 is 0 Å². The van der Waals surface area contributed by atoms with Crippen LogP contribution < -0.4 is 16.0 Å². The quantitative estimate of drug-likeness (QED) is 0.380. The highest BCUT2D eigenvalue weighted by Gasteiger charge is 2.13. The third-order valence-corrected chi connectivity index (χ3v) is 3.02. The van der Waals surface area contributed by atoms with Gasteiger partial charge in [-0.25, -0.2) is 5.84 Å². The van der Waals surface area contributed by atoms with Crippen LogP contribution in [0.4, 0.5) is 0 Å². The number of hydrazine groups is 1. The Balaban J connectivity index is 2.04. The number of nitrogen functional groups attached to an aromatic ring is 1. The van der Waals surface area contributed by atoms with E-state index in [0.29, 0.717) is 17.1 Å². The Labute approximate surface area is 117 Å². The summed E-state index contributed by atoms with van der Waals surface area (Å²) in [5.74, 6) is 5.83.